The number of benzene rings is 1. The third-order valence-electron chi connectivity index (χ3n) is 2.26. The van der Waals surface area contributed by atoms with Crippen LogP contribution in [-0.2, 0) is 6.42 Å². The zero-order valence-corrected chi connectivity index (χ0v) is 8.44. The van der Waals surface area contributed by atoms with Crippen LogP contribution >= 0.6 is 0 Å². The van der Waals surface area contributed by atoms with Crippen LogP contribution in [0.3, 0.4) is 0 Å². The number of rotatable bonds is 2. The van der Waals surface area contributed by atoms with Crippen molar-refractivity contribution in [3.05, 3.63) is 41.7 Å². The summed E-state index contributed by atoms with van der Waals surface area (Å²) in [6.07, 6.45) is 2.75. The standard InChI is InChI=1S/C11H13N3/c1-3-10-8-12-13-14(10)11-6-4-9(2)5-7-11/h4-8H,3H2,1-2H3. The van der Waals surface area contributed by atoms with Gasteiger partial charge in [0.2, 0.25) is 0 Å². The molecule has 0 aliphatic carbocycles. The zero-order valence-electron chi connectivity index (χ0n) is 8.44. The molecule has 0 N–H and O–H groups in total. The van der Waals surface area contributed by atoms with E-state index < -0.39 is 0 Å². The predicted octanol–water partition coefficient (Wildman–Crippen LogP) is 2.14. The van der Waals surface area contributed by atoms with Gasteiger partial charge in [0.15, 0.2) is 0 Å². The summed E-state index contributed by atoms with van der Waals surface area (Å²) in [4.78, 5) is 0. The van der Waals surface area contributed by atoms with E-state index in [1.807, 2.05) is 4.68 Å². The Bertz CT molecular complexity index is 414. The van der Waals surface area contributed by atoms with Crippen LogP contribution in [0.25, 0.3) is 5.69 Å². The summed E-state index contributed by atoms with van der Waals surface area (Å²) >= 11 is 0. The van der Waals surface area contributed by atoms with Crippen LogP contribution in [0.1, 0.15) is 18.2 Å². The van der Waals surface area contributed by atoms with Gasteiger partial charge in [-0.25, -0.2) is 4.68 Å². The number of hydrogen-bond donors (Lipinski definition) is 0. The van der Waals surface area contributed by atoms with Gasteiger partial charge in [-0.05, 0) is 25.5 Å². The molecule has 0 fully saturated rings. The van der Waals surface area contributed by atoms with Crippen molar-refractivity contribution in [1.29, 1.82) is 0 Å². The van der Waals surface area contributed by atoms with E-state index in [1.54, 1.807) is 6.20 Å². The molecule has 0 aliphatic rings. The van der Waals surface area contributed by atoms with Crippen molar-refractivity contribution < 1.29 is 0 Å². The van der Waals surface area contributed by atoms with E-state index in [0.717, 1.165) is 17.8 Å². The Morgan fingerprint density at radius 1 is 1.21 bits per heavy atom. The molecule has 0 saturated carbocycles. The van der Waals surface area contributed by atoms with E-state index in [4.69, 9.17) is 0 Å². The highest BCUT2D eigenvalue weighted by molar-refractivity contribution is 5.34. The van der Waals surface area contributed by atoms with E-state index in [9.17, 15) is 0 Å². The number of aromatic nitrogens is 3. The number of hydrogen-bond acceptors (Lipinski definition) is 2. The molecule has 1 aromatic carbocycles. The first kappa shape index (κ1) is 8.94. The van der Waals surface area contributed by atoms with Crippen LogP contribution in [0, 0.1) is 6.92 Å². The lowest BCUT2D eigenvalue weighted by Crippen LogP contribution is -2.00. The highest BCUT2D eigenvalue weighted by Gasteiger charge is 2.02. The van der Waals surface area contributed by atoms with Crippen LogP contribution in [0.2, 0.25) is 0 Å². The van der Waals surface area contributed by atoms with Gasteiger partial charge in [0.05, 0.1) is 17.6 Å². The van der Waals surface area contributed by atoms with Gasteiger partial charge < -0.3 is 0 Å². The molecule has 0 spiro atoms. The minimum absolute atomic E-state index is 0.945. The average Bonchev–Trinajstić information content (AvgIpc) is 2.67. The monoisotopic (exact) mass is 187 g/mol. The molecule has 14 heavy (non-hydrogen) atoms. The Morgan fingerprint density at radius 2 is 1.93 bits per heavy atom. The Kier molecular flexibility index (Phi) is 2.31. The molecule has 0 atom stereocenters. The number of nitrogens with zero attached hydrogens (tertiary/aromatic N) is 3. The van der Waals surface area contributed by atoms with Gasteiger partial charge in [0.1, 0.15) is 0 Å². The van der Waals surface area contributed by atoms with Gasteiger partial charge in [0, 0.05) is 0 Å². The lowest BCUT2D eigenvalue weighted by atomic mass is 10.2. The fourth-order valence-corrected chi connectivity index (χ4v) is 1.40. The van der Waals surface area contributed by atoms with Gasteiger partial charge in [-0.3, -0.25) is 0 Å². The van der Waals surface area contributed by atoms with Crippen molar-refractivity contribution in [3.63, 3.8) is 0 Å². The SMILES string of the molecule is CCc1cnnn1-c1ccc(C)cc1. The first-order valence-electron chi connectivity index (χ1n) is 4.78. The lowest BCUT2D eigenvalue weighted by Gasteiger charge is -2.03. The van der Waals surface area contributed by atoms with E-state index in [2.05, 4.69) is 48.4 Å². The summed E-state index contributed by atoms with van der Waals surface area (Å²) in [6, 6.07) is 8.28. The summed E-state index contributed by atoms with van der Waals surface area (Å²) < 4.78 is 1.87. The lowest BCUT2D eigenvalue weighted by molar-refractivity contribution is 0.767. The maximum atomic E-state index is 4.05. The summed E-state index contributed by atoms with van der Waals surface area (Å²) in [5, 5.41) is 7.96. The predicted molar refractivity (Wildman–Crippen MR) is 55.5 cm³/mol. The fourth-order valence-electron chi connectivity index (χ4n) is 1.40. The molecule has 2 rings (SSSR count). The van der Waals surface area contributed by atoms with E-state index in [-0.39, 0.29) is 0 Å². The van der Waals surface area contributed by atoms with Crippen molar-refractivity contribution >= 4 is 0 Å². The molecule has 1 aromatic heterocycles. The van der Waals surface area contributed by atoms with Crippen LogP contribution in [0.4, 0.5) is 0 Å². The Morgan fingerprint density at radius 3 is 2.57 bits per heavy atom. The number of aryl methyl sites for hydroxylation is 2. The molecule has 1 heterocycles. The maximum absolute atomic E-state index is 4.05. The minimum Gasteiger partial charge on any atom is -0.218 e. The second-order valence-electron chi connectivity index (χ2n) is 3.33. The van der Waals surface area contributed by atoms with Gasteiger partial charge in [-0.1, -0.05) is 29.8 Å². The Labute approximate surface area is 83.4 Å². The zero-order chi connectivity index (χ0) is 9.97. The molecule has 0 aliphatic heterocycles. The second kappa shape index (κ2) is 3.62. The largest absolute Gasteiger partial charge is 0.218 e. The van der Waals surface area contributed by atoms with Gasteiger partial charge in [-0.2, -0.15) is 0 Å². The molecule has 0 amide bonds. The van der Waals surface area contributed by atoms with Crippen LogP contribution in [-0.4, -0.2) is 15.0 Å². The van der Waals surface area contributed by atoms with Crippen LogP contribution in [0.5, 0.6) is 0 Å². The summed E-state index contributed by atoms with van der Waals surface area (Å²) in [6.45, 7) is 4.18. The van der Waals surface area contributed by atoms with E-state index >= 15 is 0 Å². The molecule has 3 heteroatoms. The second-order valence-corrected chi connectivity index (χ2v) is 3.33. The molecule has 0 saturated heterocycles. The third kappa shape index (κ3) is 1.53. The van der Waals surface area contributed by atoms with Crippen molar-refractivity contribution in [2.45, 2.75) is 20.3 Å². The van der Waals surface area contributed by atoms with Gasteiger partial charge >= 0.3 is 0 Å². The molecule has 0 bridgehead atoms. The molecule has 0 unspecified atom stereocenters. The molecule has 3 nitrogen and oxygen atoms in total. The van der Waals surface area contributed by atoms with Crippen molar-refractivity contribution in [3.8, 4) is 5.69 Å². The van der Waals surface area contributed by atoms with E-state index in [0.29, 0.717) is 0 Å². The normalized spacial score (nSPS) is 10.4. The molecule has 0 radical (unpaired) electrons. The highest BCUT2D eigenvalue weighted by Crippen LogP contribution is 2.10. The van der Waals surface area contributed by atoms with E-state index in [1.165, 1.54) is 5.56 Å². The maximum Gasteiger partial charge on any atom is 0.0729 e. The first-order chi connectivity index (χ1) is 6.81. The Hall–Kier alpha value is -1.64. The fraction of sp³-hybridized carbons (Fsp3) is 0.273. The highest BCUT2D eigenvalue weighted by atomic mass is 15.4. The third-order valence-corrected chi connectivity index (χ3v) is 2.26. The topological polar surface area (TPSA) is 30.7 Å². The smallest absolute Gasteiger partial charge is 0.0729 e. The Balaban J connectivity index is 2.44. The van der Waals surface area contributed by atoms with Gasteiger partial charge in [0.25, 0.3) is 0 Å². The molecule has 72 valence electrons. The summed E-state index contributed by atoms with van der Waals surface area (Å²) in [5.41, 5.74) is 3.46. The summed E-state index contributed by atoms with van der Waals surface area (Å²) in [5.74, 6) is 0. The first-order valence-corrected chi connectivity index (χ1v) is 4.78. The van der Waals surface area contributed by atoms with Crippen LogP contribution in [0.15, 0.2) is 30.5 Å². The summed E-state index contributed by atoms with van der Waals surface area (Å²) in [7, 11) is 0. The van der Waals surface area contributed by atoms with Crippen molar-refractivity contribution in [1.82, 2.24) is 15.0 Å². The quantitative estimate of drug-likeness (QED) is 0.721. The molecular formula is C11H13N3. The molecular weight excluding hydrogens is 174 g/mol. The molecule has 2 aromatic rings. The van der Waals surface area contributed by atoms with Crippen molar-refractivity contribution in [2.75, 3.05) is 0 Å². The average molecular weight is 187 g/mol. The minimum atomic E-state index is 0.945. The van der Waals surface area contributed by atoms with Crippen molar-refractivity contribution in [2.24, 2.45) is 0 Å². The van der Waals surface area contributed by atoms with Gasteiger partial charge in [-0.15, -0.1) is 5.10 Å². The van der Waals surface area contributed by atoms with Crippen LogP contribution < -0.4 is 0 Å².